The molecule has 0 bridgehead atoms. The van der Waals surface area contributed by atoms with Crippen LogP contribution in [0.1, 0.15) is 29.7 Å². The van der Waals surface area contributed by atoms with Crippen LogP contribution in [-0.2, 0) is 11.2 Å². The molecule has 0 fully saturated rings. The Balaban J connectivity index is 1.33. The minimum Gasteiger partial charge on any atom is -0.453 e. The molecule has 0 saturated carbocycles. The summed E-state index contributed by atoms with van der Waals surface area (Å²) in [6, 6.07) is 10.3. The number of imidazole rings is 1. The van der Waals surface area contributed by atoms with Crippen molar-refractivity contribution in [2.45, 2.75) is 25.8 Å². The second-order valence-corrected chi connectivity index (χ2v) is 9.31. The van der Waals surface area contributed by atoms with E-state index in [1.165, 1.54) is 19.5 Å². The molecule has 5 aromatic rings. The highest BCUT2D eigenvalue weighted by Crippen LogP contribution is 2.34. The minimum absolute atomic E-state index is 0.198. The number of carbonyl (C=O) groups is 1. The summed E-state index contributed by atoms with van der Waals surface area (Å²) < 4.78 is 7.77. The molecule has 1 aliphatic rings. The Bertz CT molecular complexity index is 1750. The van der Waals surface area contributed by atoms with Crippen LogP contribution < -0.4 is 10.9 Å². The topological polar surface area (TPSA) is 158 Å². The number of nitrogens with zero attached hydrogens (tertiary/aromatic N) is 8. The number of halogens is 1. The summed E-state index contributed by atoms with van der Waals surface area (Å²) in [7, 11) is 1.27. The number of fused-ring (bicyclic) bond motifs is 1. The highest BCUT2D eigenvalue weighted by Gasteiger charge is 2.30. The van der Waals surface area contributed by atoms with Crippen molar-refractivity contribution in [2.24, 2.45) is 0 Å². The number of aryl methyl sites for hydroxylation is 2. The molecule has 14 heteroatoms. The van der Waals surface area contributed by atoms with Gasteiger partial charge in [0, 0.05) is 29.8 Å². The molecule has 0 saturated heterocycles. The lowest BCUT2D eigenvalue weighted by atomic mass is 10.1. The number of nitrogens with one attached hydrogen (secondary N) is 2. The molecule has 0 aliphatic carbocycles. The van der Waals surface area contributed by atoms with Crippen molar-refractivity contribution < 1.29 is 9.53 Å². The zero-order chi connectivity index (χ0) is 27.1. The van der Waals surface area contributed by atoms with Crippen LogP contribution in [-0.4, -0.2) is 57.9 Å². The summed E-state index contributed by atoms with van der Waals surface area (Å²) in [6.07, 6.45) is 3.64. The van der Waals surface area contributed by atoms with Gasteiger partial charge in [-0.1, -0.05) is 23.2 Å². The van der Waals surface area contributed by atoms with E-state index in [0.717, 1.165) is 16.8 Å². The Hall–Kier alpha value is -4.91. The van der Waals surface area contributed by atoms with E-state index in [1.807, 2.05) is 25.1 Å². The smallest absolute Gasteiger partial charge is 0.412 e. The molecule has 4 aromatic heterocycles. The maximum absolute atomic E-state index is 13.4. The molecular formula is C25H21ClN10O3. The zero-order valence-corrected chi connectivity index (χ0v) is 21.5. The van der Waals surface area contributed by atoms with Crippen LogP contribution in [0.5, 0.6) is 0 Å². The van der Waals surface area contributed by atoms with Gasteiger partial charge in [-0.15, -0.1) is 5.10 Å². The highest BCUT2D eigenvalue weighted by molar-refractivity contribution is 6.31. The van der Waals surface area contributed by atoms with Gasteiger partial charge in [0.1, 0.15) is 34.6 Å². The summed E-state index contributed by atoms with van der Waals surface area (Å²) in [5.41, 5.74) is 3.98. The van der Waals surface area contributed by atoms with Crippen molar-refractivity contribution in [3.05, 3.63) is 81.6 Å². The Morgan fingerprint density at radius 3 is 2.82 bits per heavy atom. The van der Waals surface area contributed by atoms with Gasteiger partial charge in [-0.25, -0.2) is 19.7 Å². The van der Waals surface area contributed by atoms with Crippen LogP contribution >= 0.6 is 11.6 Å². The fraction of sp³-hybridized carbons (Fsp3) is 0.200. The van der Waals surface area contributed by atoms with Crippen molar-refractivity contribution in [3.8, 4) is 28.2 Å². The van der Waals surface area contributed by atoms with E-state index in [2.05, 4.69) is 35.5 Å². The number of tetrazole rings is 1. The number of H-pyrrole nitrogens is 1. The predicted molar refractivity (Wildman–Crippen MR) is 141 cm³/mol. The molecule has 196 valence electrons. The SMILES string of the molecule is COC(=O)Nc1ccc(-c2nc([C@@H]3CCc4nc(-c5cc(C)ccc5-n5cnnn5)cc(=O)n43)[nH]c2Cl)cn1. The van der Waals surface area contributed by atoms with Gasteiger partial charge < -0.3 is 9.72 Å². The zero-order valence-electron chi connectivity index (χ0n) is 20.8. The summed E-state index contributed by atoms with van der Waals surface area (Å²) in [6.45, 7) is 1.97. The molecule has 1 aromatic carbocycles. The fourth-order valence-corrected chi connectivity index (χ4v) is 4.90. The van der Waals surface area contributed by atoms with Crippen molar-refractivity contribution in [3.63, 3.8) is 0 Å². The summed E-state index contributed by atoms with van der Waals surface area (Å²) in [4.78, 5) is 41.7. The van der Waals surface area contributed by atoms with Gasteiger partial charge >= 0.3 is 6.09 Å². The third-order valence-corrected chi connectivity index (χ3v) is 6.72. The first-order valence-electron chi connectivity index (χ1n) is 11.9. The van der Waals surface area contributed by atoms with E-state index >= 15 is 0 Å². The van der Waals surface area contributed by atoms with E-state index in [1.54, 1.807) is 27.6 Å². The van der Waals surface area contributed by atoms with Crippen LogP contribution in [0.2, 0.25) is 5.15 Å². The summed E-state index contributed by atoms with van der Waals surface area (Å²) in [5, 5.41) is 14.3. The van der Waals surface area contributed by atoms with Crippen LogP contribution in [0.4, 0.5) is 10.6 Å². The molecule has 1 aliphatic heterocycles. The third-order valence-electron chi connectivity index (χ3n) is 6.45. The number of anilines is 1. The molecule has 39 heavy (non-hydrogen) atoms. The van der Waals surface area contributed by atoms with Gasteiger partial charge in [0.15, 0.2) is 0 Å². The lowest BCUT2D eigenvalue weighted by Gasteiger charge is -2.14. The molecule has 5 heterocycles. The summed E-state index contributed by atoms with van der Waals surface area (Å²) >= 11 is 6.50. The number of aromatic nitrogens is 9. The van der Waals surface area contributed by atoms with E-state index in [-0.39, 0.29) is 11.6 Å². The van der Waals surface area contributed by atoms with Gasteiger partial charge in [-0.3, -0.25) is 14.7 Å². The average Bonchev–Trinajstić information content (AvgIpc) is 3.69. The number of amides is 1. The van der Waals surface area contributed by atoms with Crippen molar-refractivity contribution in [1.29, 1.82) is 0 Å². The third kappa shape index (κ3) is 4.52. The fourth-order valence-electron chi connectivity index (χ4n) is 4.65. The van der Waals surface area contributed by atoms with E-state index in [0.29, 0.717) is 52.4 Å². The Morgan fingerprint density at radius 1 is 1.21 bits per heavy atom. The molecule has 0 unspecified atom stereocenters. The summed E-state index contributed by atoms with van der Waals surface area (Å²) in [5.74, 6) is 1.53. The molecule has 1 atom stereocenters. The van der Waals surface area contributed by atoms with Gasteiger partial charge in [0.2, 0.25) is 0 Å². The molecule has 13 nitrogen and oxygen atoms in total. The van der Waals surface area contributed by atoms with Crippen molar-refractivity contribution >= 4 is 23.5 Å². The number of benzene rings is 1. The predicted octanol–water partition coefficient (Wildman–Crippen LogP) is 3.35. The van der Waals surface area contributed by atoms with E-state index in [9.17, 15) is 9.59 Å². The first-order chi connectivity index (χ1) is 18.9. The number of pyridine rings is 1. The van der Waals surface area contributed by atoms with Crippen molar-refractivity contribution in [1.82, 2.24) is 44.7 Å². The second kappa shape index (κ2) is 9.76. The Kier molecular flexibility index (Phi) is 6.11. The molecule has 0 spiro atoms. The maximum atomic E-state index is 13.4. The number of hydrogen-bond acceptors (Lipinski definition) is 9. The highest BCUT2D eigenvalue weighted by atomic mass is 35.5. The van der Waals surface area contributed by atoms with Gasteiger partial charge in [0.05, 0.1) is 24.5 Å². The Labute approximate surface area is 225 Å². The van der Waals surface area contributed by atoms with Crippen LogP contribution in [0.15, 0.2) is 53.7 Å². The lowest BCUT2D eigenvalue weighted by molar-refractivity contribution is 0.187. The Morgan fingerprint density at radius 2 is 2.08 bits per heavy atom. The normalized spacial score (nSPS) is 14.3. The number of hydrogen-bond donors (Lipinski definition) is 2. The van der Waals surface area contributed by atoms with Crippen LogP contribution in [0.25, 0.3) is 28.2 Å². The molecular weight excluding hydrogens is 524 g/mol. The maximum Gasteiger partial charge on any atom is 0.412 e. The molecule has 6 rings (SSSR count). The number of aromatic amines is 1. The lowest BCUT2D eigenvalue weighted by Crippen LogP contribution is -2.25. The number of ether oxygens (including phenoxy) is 1. The number of carbonyl (C=O) groups excluding carboxylic acids is 1. The van der Waals surface area contributed by atoms with E-state index in [4.69, 9.17) is 21.6 Å². The number of rotatable bonds is 5. The standard InChI is InChI=1S/C25H21ClN10O3/c1-13-3-5-17(35-12-28-33-34-35)15(9-13)16-10-21(37)36-18(6-8-20(36)29-16)24-31-22(23(26)32-24)14-4-7-19(27-11-14)30-25(38)39-2/h3-5,7,9-12,18H,6,8H2,1-2H3,(H,31,32)(H,27,30,38)/t18-/m0/s1. The molecule has 0 radical (unpaired) electrons. The van der Waals surface area contributed by atoms with Crippen LogP contribution in [0.3, 0.4) is 0 Å². The van der Waals surface area contributed by atoms with Gasteiger partial charge in [-0.05, 0) is 48.0 Å². The molecule has 2 N–H and O–H groups in total. The largest absolute Gasteiger partial charge is 0.453 e. The first-order valence-corrected chi connectivity index (χ1v) is 12.3. The number of methoxy groups -OCH3 is 1. The molecule has 1 amide bonds. The van der Waals surface area contributed by atoms with E-state index < -0.39 is 6.09 Å². The van der Waals surface area contributed by atoms with Crippen molar-refractivity contribution in [2.75, 3.05) is 12.4 Å². The van der Waals surface area contributed by atoms with Gasteiger partial charge in [0.25, 0.3) is 5.56 Å². The van der Waals surface area contributed by atoms with Crippen LogP contribution in [0, 0.1) is 6.92 Å². The first kappa shape index (κ1) is 24.4. The second-order valence-electron chi connectivity index (χ2n) is 8.93. The monoisotopic (exact) mass is 544 g/mol. The van der Waals surface area contributed by atoms with Gasteiger partial charge in [-0.2, -0.15) is 4.68 Å². The quantitative estimate of drug-likeness (QED) is 0.338. The average molecular weight is 545 g/mol. The minimum atomic E-state index is -0.619.